The molecule has 5 nitrogen and oxygen atoms in total. The van der Waals surface area contributed by atoms with E-state index in [1.165, 1.54) is 12.1 Å². The summed E-state index contributed by atoms with van der Waals surface area (Å²) in [6.07, 6.45) is -0.171. The third kappa shape index (κ3) is 3.35. The van der Waals surface area contributed by atoms with Crippen LogP contribution in [0.4, 0.5) is 5.69 Å². The molecule has 0 radical (unpaired) electrons. The van der Waals surface area contributed by atoms with E-state index in [4.69, 9.17) is 21.1 Å². The van der Waals surface area contributed by atoms with Gasteiger partial charge in [0.2, 0.25) is 0 Å². The lowest BCUT2D eigenvalue weighted by Gasteiger charge is -2.08. The van der Waals surface area contributed by atoms with Crippen molar-refractivity contribution in [3.05, 3.63) is 52.9 Å². The zero-order chi connectivity index (χ0) is 13.8. The van der Waals surface area contributed by atoms with Gasteiger partial charge in [-0.2, -0.15) is 0 Å². The Labute approximate surface area is 113 Å². The molecule has 0 bridgehead atoms. The number of rotatable bonds is 4. The van der Waals surface area contributed by atoms with Crippen molar-refractivity contribution >= 4 is 29.2 Å². The van der Waals surface area contributed by atoms with E-state index >= 15 is 0 Å². The van der Waals surface area contributed by atoms with Crippen LogP contribution in [-0.2, 0) is 11.2 Å². The van der Waals surface area contributed by atoms with Crippen molar-refractivity contribution in [2.75, 3.05) is 5.32 Å². The molecule has 0 saturated carbocycles. The number of carbonyl (C=O) groups is 2. The van der Waals surface area contributed by atoms with Crippen LogP contribution in [0.15, 0.2) is 40.8 Å². The number of aliphatic carboxylic acids is 1. The first-order valence-electron chi connectivity index (χ1n) is 5.42. The van der Waals surface area contributed by atoms with Gasteiger partial charge < -0.3 is 14.8 Å². The van der Waals surface area contributed by atoms with Crippen molar-refractivity contribution in [3.63, 3.8) is 0 Å². The molecular formula is C13H10ClNO4. The zero-order valence-electron chi connectivity index (χ0n) is 9.72. The lowest BCUT2D eigenvalue weighted by Crippen LogP contribution is -2.13. The maximum absolute atomic E-state index is 11.9. The molecule has 2 aromatic rings. The highest BCUT2D eigenvalue weighted by molar-refractivity contribution is 6.29. The van der Waals surface area contributed by atoms with Gasteiger partial charge in [0.05, 0.1) is 6.42 Å². The number of carboxylic acids is 1. The third-order valence-corrected chi connectivity index (χ3v) is 2.61. The van der Waals surface area contributed by atoms with Crippen LogP contribution < -0.4 is 5.32 Å². The Hall–Kier alpha value is -2.27. The van der Waals surface area contributed by atoms with Gasteiger partial charge in [-0.15, -0.1) is 0 Å². The van der Waals surface area contributed by atoms with E-state index in [0.29, 0.717) is 11.3 Å². The molecule has 0 unspecified atom stereocenters. The Morgan fingerprint density at radius 2 is 1.95 bits per heavy atom. The molecule has 0 saturated heterocycles. The SMILES string of the molecule is O=C(O)Cc1ccccc1NC(=O)c1ccc(Cl)o1. The van der Waals surface area contributed by atoms with Gasteiger partial charge >= 0.3 is 5.97 Å². The largest absolute Gasteiger partial charge is 0.481 e. The van der Waals surface area contributed by atoms with Crippen LogP contribution in [0.3, 0.4) is 0 Å². The van der Waals surface area contributed by atoms with E-state index in [9.17, 15) is 9.59 Å². The minimum Gasteiger partial charge on any atom is -0.481 e. The quantitative estimate of drug-likeness (QED) is 0.902. The van der Waals surface area contributed by atoms with Crippen LogP contribution in [0.1, 0.15) is 16.1 Å². The highest BCUT2D eigenvalue weighted by Gasteiger charge is 2.13. The molecule has 98 valence electrons. The first-order chi connectivity index (χ1) is 9.06. The summed E-state index contributed by atoms with van der Waals surface area (Å²) in [6, 6.07) is 9.57. The molecule has 0 spiro atoms. The van der Waals surface area contributed by atoms with E-state index in [-0.39, 0.29) is 17.4 Å². The van der Waals surface area contributed by atoms with Gasteiger partial charge in [-0.1, -0.05) is 18.2 Å². The van der Waals surface area contributed by atoms with Crippen LogP contribution >= 0.6 is 11.6 Å². The maximum Gasteiger partial charge on any atom is 0.307 e. The number of carbonyl (C=O) groups excluding carboxylic acids is 1. The molecule has 1 aromatic carbocycles. The number of carboxylic acid groups (broad SMARTS) is 1. The standard InChI is InChI=1S/C13H10ClNO4/c14-11-6-5-10(19-11)13(18)15-9-4-2-1-3-8(9)7-12(16)17/h1-6H,7H2,(H,15,18)(H,16,17). The van der Waals surface area contributed by atoms with Crippen molar-refractivity contribution in [3.8, 4) is 0 Å². The molecule has 2 rings (SSSR count). The molecule has 19 heavy (non-hydrogen) atoms. The molecule has 1 aromatic heterocycles. The van der Waals surface area contributed by atoms with E-state index < -0.39 is 11.9 Å². The second-order valence-electron chi connectivity index (χ2n) is 3.79. The fraction of sp³-hybridized carbons (Fsp3) is 0.0769. The highest BCUT2D eigenvalue weighted by Crippen LogP contribution is 2.19. The Balaban J connectivity index is 2.19. The summed E-state index contributed by atoms with van der Waals surface area (Å²) in [5.41, 5.74) is 0.948. The minimum absolute atomic E-state index is 0.0649. The van der Waals surface area contributed by atoms with Crippen LogP contribution in [-0.4, -0.2) is 17.0 Å². The van der Waals surface area contributed by atoms with E-state index in [2.05, 4.69) is 5.32 Å². The number of nitrogens with one attached hydrogen (secondary N) is 1. The van der Waals surface area contributed by atoms with Crippen LogP contribution in [0.2, 0.25) is 5.22 Å². The van der Waals surface area contributed by atoms with Gasteiger partial charge in [-0.25, -0.2) is 0 Å². The summed E-state index contributed by atoms with van der Waals surface area (Å²) in [5, 5.41) is 11.5. The predicted octanol–water partition coefficient (Wildman–Crippen LogP) is 2.81. The first kappa shape index (κ1) is 13.2. The molecule has 1 heterocycles. The first-order valence-corrected chi connectivity index (χ1v) is 5.80. The topological polar surface area (TPSA) is 79.5 Å². The lowest BCUT2D eigenvalue weighted by atomic mass is 10.1. The van der Waals surface area contributed by atoms with Gasteiger partial charge in [-0.3, -0.25) is 9.59 Å². The summed E-state index contributed by atoms with van der Waals surface area (Å²) in [5.74, 6) is -1.39. The van der Waals surface area contributed by atoms with Crippen LogP contribution in [0.5, 0.6) is 0 Å². The number of anilines is 1. The van der Waals surface area contributed by atoms with Crippen LogP contribution in [0.25, 0.3) is 0 Å². The maximum atomic E-state index is 11.9. The second kappa shape index (κ2) is 5.58. The van der Waals surface area contributed by atoms with Gasteiger partial charge in [0.25, 0.3) is 5.91 Å². The number of furan rings is 1. The molecule has 6 heteroatoms. The smallest absolute Gasteiger partial charge is 0.307 e. The molecule has 0 fully saturated rings. The van der Waals surface area contributed by atoms with E-state index in [1.807, 2.05) is 0 Å². The van der Waals surface area contributed by atoms with E-state index in [0.717, 1.165) is 0 Å². The monoisotopic (exact) mass is 279 g/mol. The summed E-state index contributed by atoms with van der Waals surface area (Å²) in [6.45, 7) is 0. The molecule has 2 N–H and O–H groups in total. The number of hydrogen-bond donors (Lipinski definition) is 2. The number of amides is 1. The summed E-state index contributed by atoms with van der Waals surface area (Å²) in [7, 11) is 0. The number of halogens is 1. The highest BCUT2D eigenvalue weighted by atomic mass is 35.5. The summed E-state index contributed by atoms with van der Waals surface area (Å²) >= 11 is 5.58. The fourth-order valence-corrected chi connectivity index (χ4v) is 1.73. The van der Waals surface area contributed by atoms with Gasteiger partial charge in [0.15, 0.2) is 11.0 Å². The minimum atomic E-state index is -0.970. The number of para-hydroxylation sites is 1. The average molecular weight is 280 g/mol. The Bertz CT molecular complexity index is 621. The third-order valence-electron chi connectivity index (χ3n) is 2.40. The summed E-state index contributed by atoms with van der Waals surface area (Å²) in [4.78, 5) is 22.6. The number of hydrogen-bond acceptors (Lipinski definition) is 3. The fourth-order valence-electron chi connectivity index (χ4n) is 1.58. The molecule has 0 atom stereocenters. The normalized spacial score (nSPS) is 10.2. The molecule has 0 aliphatic rings. The molecule has 0 aliphatic carbocycles. The second-order valence-corrected chi connectivity index (χ2v) is 4.16. The molecular weight excluding hydrogens is 270 g/mol. The average Bonchev–Trinajstić information content (AvgIpc) is 2.78. The predicted molar refractivity (Wildman–Crippen MR) is 69.5 cm³/mol. The zero-order valence-corrected chi connectivity index (χ0v) is 10.5. The molecule has 1 amide bonds. The summed E-state index contributed by atoms with van der Waals surface area (Å²) < 4.78 is 4.98. The Morgan fingerprint density at radius 3 is 2.58 bits per heavy atom. The molecule has 0 aliphatic heterocycles. The van der Waals surface area contributed by atoms with E-state index in [1.54, 1.807) is 24.3 Å². The van der Waals surface area contributed by atoms with Gasteiger partial charge in [0.1, 0.15) is 0 Å². The van der Waals surface area contributed by atoms with Crippen LogP contribution in [0, 0.1) is 0 Å². The van der Waals surface area contributed by atoms with Gasteiger partial charge in [0, 0.05) is 5.69 Å². The Kier molecular flexibility index (Phi) is 3.87. The Morgan fingerprint density at radius 1 is 1.21 bits per heavy atom. The number of benzene rings is 1. The lowest BCUT2D eigenvalue weighted by molar-refractivity contribution is -0.136. The van der Waals surface area contributed by atoms with Crippen molar-refractivity contribution in [2.24, 2.45) is 0 Å². The van der Waals surface area contributed by atoms with Crippen molar-refractivity contribution < 1.29 is 19.1 Å². The van der Waals surface area contributed by atoms with Gasteiger partial charge in [-0.05, 0) is 35.4 Å². The van der Waals surface area contributed by atoms with Crippen molar-refractivity contribution in [2.45, 2.75) is 6.42 Å². The van der Waals surface area contributed by atoms with Crippen molar-refractivity contribution in [1.82, 2.24) is 0 Å². The van der Waals surface area contributed by atoms with Crippen molar-refractivity contribution in [1.29, 1.82) is 0 Å².